The molecule has 9 aromatic rings. The van der Waals surface area contributed by atoms with Gasteiger partial charge in [0.15, 0.2) is 0 Å². The van der Waals surface area contributed by atoms with E-state index in [4.69, 9.17) is 4.98 Å². The van der Waals surface area contributed by atoms with Crippen LogP contribution in [-0.4, -0.2) is 9.97 Å². The predicted octanol–water partition coefficient (Wildman–Crippen LogP) is 11.8. The van der Waals surface area contributed by atoms with Crippen molar-refractivity contribution in [2.45, 2.75) is 0 Å². The first kappa shape index (κ1) is 26.3. The normalized spacial score (nSPS) is 11.5. The molecule has 0 aliphatic rings. The highest BCUT2D eigenvalue weighted by Gasteiger charge is 2.18. The lowest BCUT2D eigenvalue weighted by molar-refractivity contribution is 1.28. The highest BCUT2D eigenvalue weighted by Crippen LogP contribution is 2.45. The Morgan fingerprint density at radius 3 is 1.43 bits per heavy atom. The number of nitrogens with zero attached hydrogens (tertiary/aromatic N) is 2. The maximum atomic E-state index is 4.91. The van der Waals surface area contributed by atoms with E-state index in [2.05, 4.69) is 145 Å². The fraction of sp³-hybridized carbons (Fsp3) is 0. The Bertz CT molecular complexity index is 2570. The smallest absolute Gasteiger partial charge is 0.0717 e. The standard InChI is InChI=1S/C44H28N2/c1-3-11-31-25-34(18-16-29(31)9-1)43-37-13-5-6-14-38(37)44(35-19-17-30-10-2-4-12-32(30)26-35)40-27-33(20-22-39(40)43)42-23-21-36(28-46-42)41-15-7-8-24-45-41/h1-28H. The summed E-state index contributed by atoms with van der Waals surface area (Å²) in [4.78, 5) is 9.42. The molecule has 214 valence electrons. The molecule has 0 bridgehead atoms. The van der Waals surface area contributed by atoms with Crippen molar-refractivity contribution >= 4 is 43.1 Å². The van der Waals surface area contributed by atoms with Crippen molar-refractivity contribution in [2.24, 2.45) is 0 Å². The molecule has 9 rings (SSSR count). The molecule has 0 saturated heterocycles. The van der Waals surface area contributed by atoms with E-state index in [1.807, 2.05) is 30.6 Å². The van der Waals surface area contributed by atoms with E-state index in [-0.39, 0.29) is 0 Å². The van der Waals surface area contributed by atoms with Gasteiger partial charge in [0.05, 0.1) is 11.4 Å². The average Bonchev–Trinajstić information content (AvgIpc) is 3.13. The van der Waals surface area contributed by atoms with E-state index in [0.29, 0.717) is 0 Å². The van der Waals surface area contributed by atoms with Crippen molar-refractivity contribution in [3.8, 4) is 44.8 Å². The van der Waals surface area contributed by atoms with Gasteiger partial charge in [0.1, 0.15) is 0 Å². The van der Waals surface area contributed by atoms with Gasteiger partial charge >= 0.3 is 0 Å². The Hall–Kier alpha value is -6.12. The van der Waals surface area contributed by atoms with Crippen LogP contribution in [-0.2, 0) is 0 Å². The van der Waals surface area contributed by atoms with Gasteiger partial charge in [0.25, 0.3) is 0 Å². The Labute approximate surface area is 267 Å². The van der Waals surface area contributed by atoms with Crippen LogP contribution in [0.15, 0.2) is 170 Å². The lowest BCUT2D eigenvalue weighted by Crippen LogP contribution is -1.93. The molecule has 0 fully saturated rings. The third-order valence-corrected chi connectivity index (χ3v) is 9.12. The molecule has 2 heteroatoms. The largest absolute Gasteiger partial charge is 0.256 e. The van der Waals surface area contributed by atoms with E-state index in [0.717, 1.165) is 22.5 Å². The van der Waals surface area contributed by atoms with E-state index >= 15 is 0 Å². The minimum Gasteiger partial charge on any atom is -0.256 e. The van der Waals surface area contributed by atoms with Gasteiger partial charge < -0.3 is 0 Å². The topological polar surface area (TPSA) is 25.8 Å². The molecular formula is C44H28N2. The molecule has 2 heterocycles. The third-order valence-electron chi connectivity index (χ3n) is 9.12. The summed E-state index contributed by atoms with van der Waals surface area (Å²) in [6, 6.07) is 56.7. The molecule has 0 spiro atoms. The minimum absolute atomic E-state index is 0.921. The van der Waals surface area contributed by atoms with Crippen molar-refractivity contribution in [2.75, 3.05) is 0 Å². The zero-order chi connectivity index (χ0) is 30.5. The van der Waals surface area contributed by atoms with Crippen molar-refractivity contribution in [1.82, 2.24) is 9.97 Å². The Kier molecular flexibility index (Phi) is 6.17. The fourth-order valence-electron chi connectivity index (χ4n) is 6.90. The maximum Gasteiger partial charge on any atom is 0.0717 e. The molecule has 2 aromatic heterocycles. The summed E-state index contributed by atoms with van der Waals surface area (Å²) in [7, 11) is 0. The summed E-state index contributed by atoms with van der Waals surface area (Å²) >= 11 is 0. The maximum absolute atomic E-state index is 4.91. The molecule has 0 radical (unpaired) electrons. The average molecular weight is 585 g/mol. The van der Waals surface area contributed by atoms with Crippen LogP contribution in [0.1, 0.15) is 0 Å². The van der Waals surface area contributed by atoms with Crippen LogP contribution in [0, 0.1) is 0 Å². The summed E-state index contributed by atoms with van der Waals surface area (Å²) < 4.78 is 0. The monoisotopic (exact) mass is 584 g/mol. The van der Waals surface area contributed by atoms with Gasteiger partial charge in [-0.2, -0.15) is 0 Å². The van der Waals surface area contributed by atoms with Crippen LogP contribution in [0.5, 0.6) is 0 Å². The minimum atomic E-state index is 0.921. The van der Waals surface area contributed by atoms with Crippen LogP contribution in [0.2, 0.25) is 0 Å². The number of benzene rings is 7. The number of hydrogen-bond acceptors (Lipinski definition) is 2. The molecule has 0 N–H and O–H groups in total. The summed E-state index contributed by atoms with van der Waals surface area (Å²) in [5.74, 6) is 0. The fourth-order valence-corrected chi connectivity index (χ4v) is 6.90. The summed E-state index contributed by atoms with van der Waals surface area (Å²) in [6.07, 6.45) is 3.74. The number of hydrogen-bond donors (Lipinski definition) is 0. The van der Waals surface area contributed by atoms with Crippen LogP contribution in [0.25, 0.3) is 87.9 Å². The molecule has 0 amide bonds. The molecule has 0 aliphatic carbocycles. The SMILES string of the molecule is c1ccc(-c2ccc(-c3ccc4c(-c5ccc6ccccc6c5)c5ccccc5c(-c5ccc6ccccc6c5)c4c3)nc2)nc1. The molecule has 0 saturated carbocycles. The van der Waals surface area contributed by atoms with Crippen LogP contribution < -0.4 is 0 Å². The molecule has 0 aliphatic heterocycles. The predicted molar refractivity (Wildman–Crippen MR) is 194 cm³/mol. The van der Waals surface area contributed by atoms with Gasteiger partial charge in [-0.05, 0) is 108 Å². The lowest BCUT2D eigenvalue weighted by Gasteiger charge is -2.19. The summed E-state index contributed by atoms with van der Waals surface area (Å²) in [5, 5.41) is 9.89. The molecule has 0 atom stereocenters. The van der Waals surface area contributed by atoms with Crippen LogP contribution in [0.4, 0.5) is 0 Å². The first-order valence-electron chi connectivity index (χ1n) is 15.6. The Morgan fingerprint density at radius 1 is 0.304 bits per heavy atom. The van der Waals surface area contributed by atoms with Gasteiger partial charge in [-0.15, -0.1) is 0 Å². The Balaban J connectivity index is 1.33. The van der Waals surface area contributed by atoms with Crippen molar-refractivity contribution in [1.29, 1.82) is 0 Å². The summed E-state index contributed by atoms with van der Waals surface area (Å²) in [6.45, 7) is 0. The van der Waals surface area contributed by atoms with Crippen LogP contribution in [0.3, 0.4) is 0 Å². The summed E-state index contributed by atoms with van der Waals surface area (Å²) in [5.41, 5.74) is 8.87. The zero-order valence-corrected chi connectivity index (χ0v) is 25.1. The van der Waals surface area contributed by atoms with E-state index in [1.165, 1.54) is 65.3 Å². The number of pyridine rings is 2. The number of rotatable bonds is 4. The van der Waals surface area contributed by atoms with Crippen LogP contribution >= 0.6 is 0 Å². The zero-order valence-electron chi connectivity index (χ0n) is 25.1. The Morgan fingerprint density at radius 2 is 0.826 bits per heavy atom. The highest BCUT2D eigenvalue weighted by atomic mass is 14.7. The second-order valence-corrected chi connectivity index (χ2v) is 11.8. The molecular weight excluding hydrogens is 556 g/mol. The van der Waals surface area contributed by atoms with E-state index in [9.17, 15) is 0 Å². The highest BCUT2D eigenvalue weighted by molar-refractivity contribution is 6.22. The second-order valence-electron chi connectivity index (χ2n) is 11.8. The number of fused-ring (bicyclic) bond motifs is 4. The first-order chi connectivity index (χ1) is 22.8. The van der Waals surface area contributed by atoms with Gasteiger partial charge in [0, 0.05) is 23.5 Å². The van der Waals surface area contributed by atoms with Crippen molar-refractivity contribution < 1.29 is 0 Å². The van der Waals surface area contributed by atoms with E-state index < -0.39 is 0 Å². The van der Waals surface area contributed by atoms with E-state index in [1.54, 1.807) is 0 Å². The lowest BCUT2D eigenvalue weighted by atomic mass is 9.84. The van der Waals surface area contributed by atoms with Gasteiger partial charge in [-0.1, -0.05) is 115 Å². The molecule has 2 nitrogen and oxygen atoms in total. The van der Waals surface area contributed by atoms with Gasteiger partial charge in [-0.3, -0.25) is 9.97 Å². The molecule has 46 heavy (non-hydrogen) atoms. The number of aromatic nitrogens is 2. The van der Waals surface area contributed by atoms with Gasteiger partial charge in [0.2, 0.25) is 0 Å². The van der Waals surface area contributed by atoms with Crippen molar-refractivity contribution in [3.63, 3.8) is 0 Å². The molecule has 0 unspecified atom stereocenters. The molecule has 7 aromatic carbocycles. The first-order valence-corrected chi connectivity index (χ1v) is 15.6. The third kappa shape index (κ3) is 4.43. The van der Waals surface area contributed by atoms with Crippen molar-refractivity contribution in [3.05, 3.63) is 170 Å². The quantitative estimate of drug-likeness (QED) is 0.192. The van der Waals surface area contributed by atoms with Gasteiger partial charge in [-0.25, -0.2) is 0 Å². The second kappa shape index (κ2) is 10.8.